The minimum atomic E-state index is -3.13. The fraction of sp³-hybridized carbons (Fsp3) is 0. The Morgan fingerprint density at radius 2 is 1.33 bits per heavy atom. The van der Waals surface area contributed by atoms with Gasteiger partial charge in [-0.2, -0.15) is 0 Å². The second kappa shape index (κ2) is 9.11. The summed E-state index contributed by atoms with van der Waals surface area (Å²) in [5.74, 6) is 0. The molecule has 0 amide bonds. The third-order valence-corrected chi connectivity index (χ3v) is 0. The van der Waals surface area contributed by atoms with Gasteiger partial charge < -0.3 is 9.59 Å². The molecular weight excluding hydrogens is 177 g/mol. The first-order valence-electron chi connectivity index (χ1n) is 0.651. The summed E-state index contributed by atoms with van der Waals surface area (Å²) in [6.07, 6.45) is 0. The van der Waals surface area contributed by atoms with Crippen LogP contribution in [0.3, 0.4) is 0 Å². The van der Waals surface area contributed by atoms with Gasteiger partial charge in [-0.25, -0.2) is 0 Å². The van der Waals surface area contributed by atoms with Gasteiger partial charge >= 0.3 is 9.17 Å². The van der Waals surface area contributed by atoms with Crippen molar-refractivity contribution in [1.82, 2.24) is 0 Å². The molecule has 0 bridgehead atoms. The Morgan fingerprint density at radius 3 is 1.33 bits per heavy atom. The molecule has 0 aliphatic rings. The molecule has 0 rings (SSSR count). The molecule has 0 unspecified atom stereocenters. The molecule has 0 saturated carbocycles. The maximum Gasteiger partial charge on any atom is 0.761 e. The quantitative estimate of drug-likeness (QED) is 0.460. The summed E-state index contributed by atoms with van der Waals surface area (Å²) in [4.78, 5) is 14.3. The Hall–Kier alpha value is 0.530. The van der Waals surface area contributed by atoms with Crippen LogP contribution in [0.5, 0.6) is 0 Å². The van der Waals surface area contributed by atoms with Crippen LogP contribution in [-0.2, 0) is 23.9 Å². The first-order chi connectivity index (χ1) is 1.73. The zero-order valence-corrected chi connectivity index (χ0v) is 7.70. The SMILES string of the molecule is Cl.O=[Si](O)O.[Zn]. The molecule has 0 aliphatic carbocycles. The summed E-state index contributed by atoms with van der Waals surface area (Å²) in [5.41, 5.74) is 0. The van der Waals surface area contributed by atoms with Crippen molar-refractivity contribution in [3.8, 4) is 0 Å². The third kappa shape index (κ3) is 201. The van der Waals surface area contributed by atoms with Gasteiger partial charge in [0, 0.05) is 19.5 Å². The molecule has 0 spiro atoms. The van der Waals surface area contributed by atoms with E-state index in [4.69, 9.17) is 14.1 Å². The van der Waals surface area contributed by atoms with E-state index in [0.29, 0.717) is 0 Å². The molecule has 3 nitrogen and oxygen atoms in total. The Labute approximate surface area is 55.5 Å². The molecule has 0 heterocycles. The van der Waals surface area contributed by atoms with Crippen LogP contribution < -0.4 is 0 Å². The van der Waals surface area contributed by atoms with Gasteiger partial charge in [-0.05, 0) is 0 Å². The van der Waals surface area contributed by atoms with E-state index in [0.717, 1.165) is 0 Å². The molecule has 0 aliphatic heterocycles. The largest absolute Gasteiger partial charge is 0.761 e. The standard InChI is InChI=1S/ClH.H2O3Si.Zn/c;1-4(2)3;/h1H;1-2H;. The van der Waals surface area contributed by atoms with Crippen molar-refractivity contribution in [2.24, 2.45) is 0 Å². The van der Waals surface area contributed by atoms with Crippen LogP contribution >= 0.6 is 12.4 Å². The summed E-state index contributed by atoms with van der Waals surface area (Å²) in [6, 6.07) is 0. The summed E-state index contributed by atoms with van der Waals surface area (Å²) in [6.45, 7) is 0. The predicted molar refractivity (Wildman–Crippen MR) is 18.1 cm³/mol. The zero-order valence-electron chi connectivity index (χ0n) is 2.92. The fourth-order valence-electron chi connectivity index (χ4n) is 0. The summed E-state index contributed by atoms with van der Waals surface area (Å²) < 4.78 is 8.74. The van der Waals surface area contributed by atoms with E-state index in [-0.39, 0.29) is 31.9 Å². The monoisotopic (exact) mass is 178 g/mol. The number of hydrogen-bond acceptors (Lipinski definition) is 1. The van der Waals surface area contributed by atoms with E-state index >= 15 is 0 Å². The first-order valence-corrected chi connectivity index (χ1v) is 1.95. The van der Waals surface area contributed by atoms with Crippen LogP contribution in [0, 0.1) is 0 Å². The van der Waals surface area contributed by atoms with Crippen LogP contribution in [0.25, 0.3) is 0 Å². The van der Waals surface area contributed by atoms with E-state index in [9.17, 15) is 0 Å². The van der Waals surface area contributed by atoms with Crippen molar-refractivity contribution >= 4 is 21.6 Å². The minimum absolute atomic E-state index is 0. The van der Waals surface area contributed by atoms with Crippen LogP contribution in [0.1, 0.15) is 0 Å². The average molecular weight is 180 g/mol. The molecule has 0 fully saturated rings. The molecule has 0 aromatic rings. The maximum absolute atomic E-state index is 8.74. The van der Waals surface area contributed by atoms with E-state index < -0.39 is 9.17 Å². The molecule has 0 aromatic heterocycles. The fourth-order valence-corrected chi connectivity index (χ4v) is 0. The van der Waals surface area contributed by atoms with Gasteiger partial charge in [-0.1, -0.05) is 0 Å². The Balaban J connectivity index is -0.0000000450. The van der Waals surface area contributed by atoms with Crippen LogP contribution in [0.2, 0.25) is 0 Å². The van der Waals surface area contributed by atoms with E-state index in [1.54, 1.807) is 0 Å². The Kier molecular flexibility index (Phi) is 24.3. The van der Waals surface area contributed by atoms with Gasteiger partial charge in [0.15, 0.2) is 0 Å². The molecule has 0 atom stereocenters. The Morgan fingerprint density at radius 1 is 1.33 bits per heavy atom. The van der Waals surface area contributed by atoms with Crippen LogP contribution in [0.15, 0.2) is 0 Å². The van der Waals surface area contributed by atoms with Crippen molar-refractivity contribution < 1.29 is 33.5 Å². The average Bonchev–Trinajstić information content (AvgIpc) is 0.811. The Bertz CT molecular complexity index is 33.8. The van der Waals surface area contributed by atoms with E-state index in [1.807, 2.05) is 0 Å². The van der Waals surface area contributed by atoms with Gasteiger partial charge in [-0.15, -0.1) is 12.4 Å². The van der Waals surface area contributed by atoms with Gasteiger partial charge in [0.1, 0.15) is 0 Å². The molecule has 34 valence electrons. The van der Waals surface area contributed by atoms with Crippen LogP contribution in [0.4, 0.5) is 0 Å². The zero-order chi connectivity index (χ0) is 3.58. The number of rotatable bonds is 0. The molecule has 0 aromatic carbocycles. The van der Waals surface area contributed by atoms with Crippen molar-refractivity contribution in [2.45, 2.75) is 0 Å². The smallest absolute Gasteiger partial charge is 0.511 e. The van der Waals surface area contributed by atoms with Crippen molar-refractivity contribution in [3.63, 3.8) is 0 Å². The number of halogens is 1. The predicted octanol–water partition coefficient (Wildman–Crippen LogP) is -1.19. The van der Waals surface area contributed by atoms with Crippen molar-refractivity contribution in [1.29, 1.82) is 0 Å². The van der Waals surface area contributed by atoms with Gasteiger partial charge in [0.2, 0.25) is 0 Å². The van der Waals surface area contributed by atoms with E-state index in [2.05, 4.69) is 0 Å². The first kappa shape index (κ1) is 16.0. The molecule has 6 heavy (non-hydrogen) atoms. The van der Waals surface area contributed by atoms with Crippen molar-refractivity contribution in [3.05, 3.63) is 0 Å². The maximum atomic E-state index is 8.74. The molecule has 2 N–H and O–H groups in total. The summed E-state index contributed by atoms with van der Waals surface area (Å²) in [7, 11) is -3.13. The minimum Gasteiger partial charge on any atom is -0.511 e. The number of hydrogen-bond donors (Lipinski definition) is 2. The third-order valence-electron chi connectivity index (χ3n) is 0. The second-order valence-corrected chi connectivity index (χ2v) is 0.848. The molecule has 6 heteroatoms. The van der Waals surface area contributed by atoms with Gasteiger partial charge in [-0.3, -0.25) is 4.46 Å². The van der Waals surface area contributed by atoms with E-state index in [1.165, 1.54) is 0 Å². The topological polar surface area (TPSA) is 57.5 Å². The van der Waals surface area contributed by atoms with Gasteiger partial charge in [0.25, 0.3) is 0 Å². The summed E-state index contributed by atoms with van der Waals surface area (Å²) >= 11 is 0. The van der Waals surface area contributed by atoms with Crippen LogP contribution in [-0.4, -0.2) is 18.8 Å². The van der Waals surface area contributed by atoms with Gasteiger partial charge in [0.05, 0.1) is 0 Å². The second-order valence-electron chi connectivity index (χ2n) is 0.283. The molecule has 0 saturated heterocycles. The van der Waals surface area contributed by atoms with Crippen molar-refractivity contribution in [2.75, 3.05) is 0 Å². The normalized spacial score (nSPS) is 4.00. The molecular formula is H3ClO3SiZn. The summed E-state index contributed by atoms with van der Waals surface area (Å²) in [5, 5.41) is 0. The molecule has 0 radical (unpaired) electrons.